The SMILES string of the molecule is CC[C@H](C)OC(=O)C(C)(C)COc1c(-c2ccc3c(c2)COC3=O)ccc(OC)c1OC. The molecule has 7 nitrogen and oxygen atoms in total. The third-order valence-electron chi connectivity index (χ3n) is 5.51. The molecule has 2 aromatic carbocycles. The Labute approximate surface area is 188 Å². The molecule has 0 amide bonds. The Morgan fingerprint density at radius 1 is 1.09 bits per heavy atom. The van der Waals surface area contributed by atoms with Gasteiger partial charge in [0.2, 0.25) is 5.75 Å². The maximum atomic E-state index is 12.6. The van der Waals surface area contributed by atoms with Crippen LogP contribution in [0.5, 0.6) is 17.2 Å². The monoisotopic (exact) mass is 442 g/mol. The summed E-state index contributed by atoms with van der Waals surface area (Å²) >= 11 is 0. The molecular weight excluding hydrogens is 412 g/mol. The third-order valence-corrected chi connectivity index (χ3v) is 5.51. The summed E-state index contributed by atoms with van der Waals surface area (Å²) in [5.41, 5.74) is 2.07. The van der Waals surface area contributed by atoms with Crippen molar-refractivity contribution in [2.75, 3.05) is 20.8 Å². The number of carbonyl (C=O) groups is 2. The number of fused-ring (bicyclic) bond motifs is 1. The zero-order valence-corrected chi connectivity index (χ0v) is 19.4. The van der Waals surface area contributed by atoms with Crippen LogP contribution >= 0.6 is 0 Å². The normalized spacial score (nSPS) is 13.8. The van der Waals surface area contributed by atoms with Crippen LogP contribution in [-0.2, 0) is 20.9 Å². The van der Waals surface area contributed by atoms with Crippen LogP contribution in [0.25, 0.3) is 11.1 Å². The van der Waals surface area contributed by atoms with E-state index in [1.165, 1.54) is 7.11 Å². The summed E-state index contributed by atoms with van der Waals surface area (Å²) in [5, 5.41) is 0. The van der Waals surface area contributed by atoms with E-state index in [4.69, 9.17) is 23.7 Å². The van der Waals surface area contributed by atoms with Crippen molar-refractivity contribution in [2.45, 2.75) is 46.8 Å². The van der Waals surface area contributed by atoms with E-state index in [2.05, 4.69) is 0 Å². The van der Waals surface area contributed by atoms with Crippen LogP contribution in [-0.4, -0.2) is 38.9 Å². The lowest BCUT2D eigenvalue weighted by Gasteiger charge is -2.26. The minimum Gasteiger partial charge on any atom is -0.493 e. The van der Waals surface area contributed by atoms with Crippen molar-refractivity contribution in [1.82, 2.24) is 0 Å². The molecule has 2 aromatic rings. The first-order valence-electron chi connectivity index (χ1n) is 10.6. The van der Waals surface area contributed by atoms with Gasteiger partial charge in [-0.05, 0) is 57.0 Å². The number of rotatable bonds is 9. The summed E-state index contributed by atoms with van der Waals surface area (Å²) in [4.78, 5) is 24.5. The molecule has 0 N–H and O–H groups in total. The first kappa shape index (κ1) is 23.4. The average molecular weight is 443 g/mol. The third kappa shape index (κ3) is 4.66. The number of methoxy groups -OCH3 is 2. The second-order valence-corrected chi connectivity index (χ2v) is 8.42. The fourth-order valence-corrected chi connectivity index (χ4v) is 3.31. The maximum absolute atomic E-state index is 12.6. The molecule has 0 spiro atoms. The van der Waals surface area contributed by atoms with E-state index in [0.717, 1.165) is 23.1 Å². The molecule has 0 aliphatic carbocycles. The minimum atomic E-state index is -0.882. The number of hydrogen-bond acceptors (Lipinski definition) is 7. The van der Waals surface area contributed by atoms with Crippen LogP contribution < -0.4 is 14.2 Å². The smallest absolute Gasteiger partial charge is 0.338 e. The molecule has 0 saturated heterocycles. The summed E-state index contributed by atoms with van der Waals surface area (Å²) in [7, 11) is 3.08. The van der Waals surface area contributed by atoms with Gasteiger partial charge in [0.05, 0.1) is 31.3 Å². The molecule has 1 aliphatic heterocycles. The Hall–Kier alpha value is -3.22. The van der Waals surface area contributed by atoms with Crippen molar-refractivity contribution in [3.8, 4) is 28.4 Å². The van der Waals surface area contributed by atoms with Gasteiger partial charge in [-0.2, -0.15) is 0 Å². The van der Waals surface area contributed by atoms with Gasteiger partial charge in [0.1, 0.15) is 13.2 Å². The molecule has 1 heterocycles. The van der Waals surface area contributed by atoms with E-state index >= 15 is 0 Å². The minimum absolute atomic E-state index is 0.0747. The van der Waals surface area contributed by atoms with E-state index in [1.807, 2.05) is 32.0 Å². The summed E-state index contributed by atoms with van der Waals surface area (Å²) in [6.45, 7) is 7.69. The van der Waals surface area contributed by atoms with Crippen LogP contribution in [0.1, 0.15) is 50.0 Å². The number of esters is 2. The number of ether oxygens (including phenoxy) is 5. The Bertz CT molecular complexity index is 1010. The van der Waals surface area contributed by atoms with Crippen molar-refractivity contribution in [2.24, 2.45) is 5.41 Å². The first-order chi connectivity index (χ1) is 15.2. The van der Waals surface area contributed by atoms with Crippen LogP contribution in [0.4, 0.5) is 0 Å². The van der Waals surface area contributed by atoms with Crippen molar-refractivity contribution >= 4 is 11.9 Å². The van der Waals surface area contributed by atoms with E-state index in [1.54, 1.807) is 33.1 Å². The quantitative estimate of drug-likeness (QED) is 0.517. The Balaban J connectivity index is 1.97. The van der Waals surface area contributed by atoms with Gasteiger partial charge in [0, 0.05) is 11.1 Å². The molecule has 1 aliphatic rings. The molecule has 1 atom stereocenters. The van der Waals surface area contributed by atoms with Gasteiger partial charge in [-0.1, -0.05) is 13.0 Å². The molecule has 0 aromatic heterocycles. The van der Waals surface area contributed by atoms with Gasteiger partial charge in [0.15, 0.2) is 11.5 Å². The second kappa shape index (κ2) is 9.51. The Kier molecular flexibility index (Phi) is 6.96. The fraction of sp³-hybridized carbons (Fsp3) is 0.440. The highest BCUT2D eigenvalue weighted by Gasteiger charge is 2.33. The molecule has 0 bridgehead atoms. The highest BCUT2D eigenvalue weighted by atomic mass is 16.6. The molecule has 0 saturated carbocycles. The van der Waals surface area contributed by atoms with Crippen molar-refractivity contribution < 1.29 is 33.3 Å². The molecule has 7 heteroatoms. The summed E-state index contributed by atoms with van der Waals surface area (Å²) in [6.07, 6.45) is 0.571. The number of cyclic esters (lactones) is 1. The van der Waals surface area contributed by atoms with Gasteiger partial charge in [-0.15, -0.1) is 0 Å². The topological polar surface area (TPSA) is 80.3 Å². The van der Waals surface area contributed by atoms with Gasteiger partial charge < -0.3 is 23.7 Å². The predicted octanol–water partition coefficient (Wildman–Crippen LogP) is 4.79. The zero-order chi connectivity index (χ0) is 23.5. The summed E-state index contributed by atoms with van der Waals surface area (Å²) < 4.78 is 27.9. The number of carbonyl (C=O) groups excluding carboxylic acids is 2. The summed E-state index contributed by atoms with van der Waals surface area (Å²) in [6, 6.07) is 9.13. The van der Waals surface area contributed by atoms with Crippen LogP contribution in [0.3, 0.4) is 0 Å². The summed E-state index contributed by atoms with van der Waals surface area (Å²) in [5.74, 6) is 0.719. The second-order valence-electron chi connectivity index (χ2n) is 8.42. The van der Waals surface area contributed by atoms with E-state index in [0.29, 0.717) is 22.8 Å². The van der Waals surface area contributed by atoms with E-state index in [9.17, 15) is 9.59 Å². The molecule has 0 unspecified atom stereocenters. The number of hydrogen-bond donors (Lipinski definition) is 0. The first-order valence-corrected chi connectivity index (χ1v) is 10.6. The molecule has 32 heavy (non-hydrogen) atoms. The highest BCUT2D eigenvalue weighted by molar-refractivity contribution is 5.94. The molecule has 0 fully saturated rings. The Morgan fingerprint density at radius 2 is 1.81 bits per heavy atom. The maximum Gasteiger partial charge on any atom is 0.338 e. The fourth-order valence-electron chi connectivity index (χ4n) is 3.31. The van der Waals surface area contributed by atoms with Crippen molar-refractivity contribution in [3.63, 3.8) is 0 Å². The van der Waals surface area contributed by atoms with Gasteiger partial charge in [-0.3, -0.25) is 4.79 Å². The average Bonchev–Trinajstić information content (AvgIpc) is 3.16. The van der Waals surface area contributed by atoms with E-state index in [-0.39, 0.29) is 31.3 Å². The standard InChI is InChI=1S/C25H30O7/c1-7-15(2)32-24(27)25(3,4)14-31-21-18(10-11-20(28-5)22(21)29-6)16-8-9-19-17(12-16)13-30-23(19)26/h8-12,15H,7,13-14H2,1-6H3/t15-/m0/s1. The van der Waals surface area contributed by atoms with Crippen LogP contribution in [0.2, 0.25) is 0 Å². The molecule has 3 rings (SSSR count). The van der Waals surface area contributed by atoms with Gasteiger partial charge in [0.25, 0.3) is 0 Å². The van der Waals surface area contributed by atoms with Crippen LogP contribution in [0.15, 0.2) is 30.3 Å². The molecule has 172 valence electrons. The lowest BCUT2D eigenvalue weighted by atomic mass is 9.94. The van der Waals surface area contributed by atoms with Crippen molar-refractivity contribution in [3.05, 3.63) is 41.5 Å². The predicted molar refractivity (Wildman–Crippen MR) is 119 cm³/mol. The Morgan fingerprint density at radius 3 is 2.47 bits per heavy atom. The molecule has 0 radical (unpaired) electrons. The largest absolute Gasteiger partial charge is 0.493 e. The van der Waals surface area contributed by atoms with E-state index < -0.39 is 5.41 Å². The zero-order valence-electron chi connectivity index (χ0n) is 19.4. The van der Waals surface area contributed by atoms with Gasteiger partial charge in [-0.25, -0.2) is 4.79 Å². The lowest BCUT2D eigenvalue weighted by Crippen LogP contribution is -2.34. The molecular formula is C25H30O7. The van der Waals surface area contributed by atoms with Gasteiger partial charge >= 0.3 is 11.9 Å². The lowest BCUT2D eigenvalue weighted by molar-refractivity contribution is -0.160. The number of benzene rings is 2. The van der Waals surface area contributed by atoms with Crippen molar-refractivity contribution in [1.29, 1.82) is 0 Å². The highest BCUT2D eigenvalue weighted by Crippen LogP contribution is 2.45. The van der Waals surface area contributed by atoms with Crippen LogP contribution in [0, 0.1) is 5.41 Å².